The van der Waals surface area contributed by atoms with Gasteiger partial charge in [0.1, 0.15) is 0 Å². The molecule has 0 heterocycles. The van der Waals surface area contributed by atoms with Gasteiger partial charge < -0.3 is 4.90 Å². The zero-order valence-corrected chi connectivity index (χ0v) is 33.8. The summed E-state index contributed by atoms with van der Waals surface area (Å²) >= 11 is 0. The Hall–Kier alpha value is -7.48. The van der Waals surface area contributed by atoms with Crippen LogP contribution in [-0.4, -0.2) is 0 Å². The zero-order valence-electron chi connectivity index (χ0n) is 33.8. The molecular weight excluding hydrogens is 723 g/mol. The molecule has 1 nitrogen and oxygen atoms in total. The van der Waals surface area contributed by atoms with Crippen LogP contribution in [0.25, 0.3) is 77.2 Å². The van der Waals surface area contributed by atoms with Gasteiger partial charge in [-0.2, -0.15) is 0 Å². The third kappa shape index (κ3) is 5.93. The SMILES string of the molecule is CC1(C)c2ccccc2-c2cccc(-c3ccc(N(c4ccc(-c5ccccc5)cc4)c4cc(-c5cc6ccccc6c6ccccc56)ccc4-c4ccccc4)cc3)c21. The van der Waals surface area contributed by atoms with Gasteiger partial charge in [0.15, 0.2) is 0 Å². The first-order valence-electron chi connectivity index (χ1n) is 20.9. The van der Waals surface area contributed by atoms with Gasteiger partial charge in [-0.3, -0.25) is 0 Å². The molecule has 0 bridgehead atoms. The maximum Gasteiger partial charge on any atom is 0.0546 e. The number of hydrogen-bond acceptors (Lipinski definition) is 1. The van der Waals surface area contributed by atoms with Gasteiger partial charge in [-0.15, -0.1) is 0 Å². The van der Waals surface area contributed by atoms with Crippen molar-refractivity contribution in [2.24, 2.45) is 0 Å². The van der Waals surface area contributed by atoms with Crippen LogP contribution >= 0.6 is 0 Å². The monoisotopic (exact) mass is 765 g/mol. The molecule has 0 unspecified atom stereocenters. The summed E-state index contributed by atoms with van der Waals surface area (Å²) in [5, 5.41) is 5.03. The van der Waals surface area contributed by atoms with Crippen molar-refractivity contribution in [3.8, 4) is 55.6 Å². The van der Waals surface area contributed by atoms with Gasteiger partial charge in [-0.05, 0) is 119 Å². The minimum absolute atomic E-state index is 0.105. The first-order valence-corrected chi connectivity index (χ1v) is 20.9. The smallest absolute Gasteiger partial charge is 0.0546 e. The van der Waals surface area contributed by atoms with E-state index in [-0.39, 0.29) is 5.41 Å². The molecule has 0 saturated carbocycles. The third-order valence-corrected chi connectivity index (χ3v) is 12.7. The van der Waals surface area contributed by atoms with E-state index >= 15 is 0 Å². The summed E-state index contributed by atoms with van der Waals surface area (Å²) in [7, 11) is 0. The Balaban J connectivity index is 1.11. The van der Waals surface area contributed by atoms with Crippen molar-refractivity contribution in [1.29, 1.82) is 0 Å². The minimum Gasteiger partial charge on any atom is -0.310 e. The van der Waals surface area contributed by atoms with Crippen molar-refractivity contribution in [2.45, 2.75) is 19.3 Å². The fraction of sp³-hybridized carbons (Fsp3) is 0.0508. The highest BCUT2D eigenvalue weighted by Crippen LogP contribution is 2.52. The second kappa shape index (κ2) is 14.4. The van der Waals surface area contributed by atoms with Crippen molar-refractivity contribution in [2.75, 3.05) is 4.90 Å². The Morgan fingerprint density at radius 2 is 0.833 bits per heavy atom. The average molecular weight is 766 g/mol. The highest BCUT2D eigenvalue weighted by atomic mass is 15.1. The fourth-order valence-electron chi connectivity index (χ4n) is 9.78. The number of benzene rings is 10. The molecule has 0 spiro atoms. The quantitative estimate of drug-likeness (QED) is 0.146. The summed E-state index contributed by atoms with van der Waals surface area (Å²) in [6, 6.07) is 82.4. The molecular formula is C59H43N. The molecule has 10 aromatic rings. The molecule has 1 aliphatic carbocycles. The van der Waals surface area contributed by atoms with Gasteiger partial charge in [-0.25, -0.2) is 0 Å². The van der Waals surface area contributed by atoms with Crippen LogP contribution in [-0.2, 0) is 5.41 Å². The Labute approximate surface area is 352 Å². The summed E-state index contributed by atoms with van der Waals surface area (Å²) in [6.45, 7) is 4.74. The zero-order chi connectivity index (χ0) is 40.2. The lowest BCUT2D eigenvalue weighted by Gasteiger charge is -2.29. The van der Waals surface area contributed by atoms with Crippen LogP contribution in [0.15, 0.2) is 224 Å². The van der Waals surface area contributed by atoms with Crippen molar-refractivity contribution in [3.05, 3.63) is 236 Å². The molecule has 0 N–H and O–H groups in total. The van der Waals surface area contributed by atoms with Gasteiger partial charge in [0, 0.05) is 22.4 Å². The van der Waals surface area contributed by atoms with E-state index in [1.807, 2.05) is 0 Å². The van der Waals surface area contributed by atoms with E-state index in [2.05, 4.69) is 243 Å². The number of fused-ring (bicyclic) bond motifs is 6. The van der Waals surface area contributed by atoms with Crippen LogP contribution in [0.1, 0.15) is 25.0 Å². The Kier molecular flexibility index (Phi) is 8.57. The molecule has 0 atom stereocenters. The molecule has 10 aromatic carbocycles. The number of rotatable bonds is 7. The number of hydrogen-bond donors (Lipinski definition) is 0. The van der Waals surface area contributed by atoms with E-state index in [9.17, 15) is 0 Å². The van der Waals surface area contributed by atoms with Crippen molar-refractivity contribution < 1.29 is 0 Å². The average Bonchev–Trinajstić information content (AvgIpc) is 3.56. The van der Waals surface area contributed by atoms with Gasteiger partial charge in [0.05, 0.1) is 5.69 Å². The Morgan fingerprint density at radius 3 is 1.57 bits per heavy atom. The molecule has 0 fully saturated rings. The molecule has 11 rings (SSSR count). The van der Waals surface area contributed by atoms with Gasteiger partial charge in [0.2, 0.25) is 0 Å². The van der Waals surface area contributed by atoms with Crippen LogP contribution in [0.4, 0.5) is 17.1 Å². The summed E-state index contributed by atoms with van der Waals surface area (Å²) < 4.78 is 0. The van der Waals surface area contributed by atoms with E-state index in [0.717, 1.165) is 17.1 Å². The van der Waals surface area contributed by atoms with Crippen molar-refractivity contribution >= 4 is 38.6 Å². The molecule has 1 aliphatic rings. The third-order valence-electron chi connectivity index (χ3n) is 12.7. The van der Waals surface area contributed by atoms with Crippen LogP contribution in [0.2, 0.25) is 0 Å². The van der Waals surface area contributed by atoms with Gasteiger partial charge >= 0.3 is 0 Å². The molecule has 60 heavy (non-hydrogen) atoms. The normalized spacial score (nSPS) is 12.6. The summed E-state index contributed by atoms with van der Waals surface area (Å²) in [4.78, 5) is 2.45. The molecule has 0 saturated heterocycles. The summed E-state index contributed by atoms with van der Waals surface area (Å²) in [5.41, 5.74) is 18.3. The first-order chi connectivity index (χ1) is 29.5. The lowest BCUT2D eigenvalue weighted by Crippen LogP contribution is -2.16. The molecule has 0 radical (unpaired) electrons. The maximum atomic E-state index is 2.45. The van der Waals surface area contributed by atoms with Crippen LogP contribution in [0.5, 0.6) is 0 Å². The van der Waals surface area contributed by atoms with E-state index < -0.39 is 0 Å². The molecule has 0 aromatic heterocycles. The summed E-state index contributed by atoms with van der Waals surface area (Å²) in [6.07, 6.45) is 0. The molecule has 0 amide bonds. The number of nitrogens with zero attached hydrogens (tertiary/aromatic N) is 1. The maximum absolute atomic E-state index is 2.45. The predicted octanol–water partition coefficient (Wildman–Crippen LogP) is 16.4. The second-order valence-electron chi connectivity index (χ2n) is 16.5. The molecule has 1 heteroatoms. The predicted molar refractivity (Wildman–Crippen MR) is 255 cm³/mol. The van der Waals surface area contributed by atoms with Crippen molar-refractivity contribution in [3.63, 3.8) is 0 Å². The summed E-state index contributed by atoms with van der Waals surface area (Å²) in [5.74, 6) is 0. The lowest BCUT2D eigenvalue weighted by atomic mass is 9.79. The number of anilines is 3. The standard InChI is InChI=1S/C59H43N/c1-59(2)56-27-14-13-24-53(56)54-26-15-25-50(58(54)59)43-30-35-47(36-31-43)60(46-33-28-41(29-34-46)40-16-5-3-6-17-40)57-39-45(32-37-49(57)42-18-7-4-8-19-42)55-38-44-20-9-10-21-48(44)51-22-11-12-23-52(51)55/h3-39H,1-2H3. The van der Waals surface area contributed by atoms with E-state index in [1.165, 1.54) is 88.3 Å². The highest BCUT2D eigenvalue weighted by molar-refractivity contribution is 6.14. The minimum atomic E-state index is -0.105. The lowest BCUT2D eigenvalue weighted by molar-refractivity contribution is 0.662. The fourth-order valence-corrected chi connectivity index (χ4v) is 9.78. The molecule has 284 valence electrons. The first kappa shape index (κ1) is 35.7. The van der Waals surface area contributed by atoms with E-state index in [0.29, 0.717) is 0 Å². The van der Waals surface area contributed by atoms with Crippen LogP contribution in [0, 0.1) is 0 Å². The Bertz CT molecular complexity index is 3200. The van der Waals surface area contributed by atoms with E-state index in [4.69, 9.17) is 0 Å². The largest absolute Gasteiger partial charge is 0.310 e. The van der Waals surface area contributed by atoms with E-state index in [1.54, 1.807) is 0 Å². The van der Waals surface area contributed by atoms with Crippen LogP contribution in [0.3, 0.4) is 0 Å². The van der Waals surface area contributed by atoms with Gasteiger partial charge in [0.25, 0.3) is 0 Å². The Morgan fingerprint density at radius 1 is 0.317 bits per heavy atom. The topological polar surface area (TPSA) is 3.24 Å². The highest BCUT2D eigenvalue weighted by Gasteiger charge is 2.37. The van der Waals surface area contributed by atoms with Crippen LogP contribution < -0.4 is 4.90 Å². The van der Waals surface area contributed by atoms with Crippen molar-refractivity contribution in [1.82, 2.24) is 0 Å². The van der Waals surface area contributed by atoms with Gasteiger partial charge in [-0.1, -0.05) is 202 Å². The molecule has 0 aliphatic heterocycles. The second-order valence-corrected chi connectivity index (χ2v) is 16.5.